The third-order valence-electron chi connectivity index (χ3n) is 3.67. The molecule has 20 heavy (non-hydrogen) atoms. The molecular formula is C16H23N3O. The number of aromatic nitrogens is 1. The number of nitrogens with two attached hydrogens (primary N) is 1. The molecule has 0 amide bonds. The molecule has 0 bridgehead atoms. The van der Waals surface area contributed by atoms with Crippen LogP contribution in [0.5, 0.6) is 0 Å². The maximum absolute atomic E-state index is 5.64. The van der Waals surface area contributed by atoms with E-state index in [9.17, 15) is 0 Å². The minimum atomic E-state index is 0.223. The predicted octanol–water partition coefficient (Wildman–Crippen LogP) is 2.42. The Morgan fingerprint density at radius 3 is 2.75 bits per heavy atom. The van der Waals surface area contributed by atoms with Crippen LogP contribution < -0.4 is 11.3 Å². The van der Waals surface area contributed by atoms with Crippen LogP contribution in [0.3, 0.4) is 0 Å². The molecule has 3 N–H and O–H groups in total. The Hall–Kier alpha value is -1.49. The molecule has 2 atom stereocenters. The first-order chi connectivity index (χ1) is 9.72. The highest BCUT2D eigenvalue weighted by molar-refractivity contribution is 5.78. The molecule has 2 rings (SSSR count). The van der Waals surface area contributed by atoms with Gasteiger partial charge >= 0.3 is 0 Å². The topological polar surface area (TPSA) is 60.2 Å². The molecule has 1 heterocycles. The second kappa shape index (κ2) is 7.33. The number of hydrogen-bond donors (Lipinski definition) is 2. The summed E-state index contributed by atoms with van der Waals surface area (Å²) in [6.07, 6.45) is 3.05. The van der Waals surface area contributed by atoms with E-state index in [0.717, 1.165) is 30.5 Å². The molecule has 0 saturated carbocycles. The highest BCUT2D eigenvalue weighted by atomic mass is 16.5. The van der Waals surface area contributed by atoms with Crippen molar-refractivity contribution >= 4 is 10.9 Å². The smallest absolute Gasteiger partial charge is 0.0705 e. The summed E-state index contributed by atoms with van der Waals surface area (Å²) < 4.78 is 5.27. The maximum Gasteiger partial charge on any atom is 0.0705 e. The molecule has 1 aromatic heterocycles. The lowest BCUT2D eigenvalue weighted by molar-refractivity contribution is 0.106. The number of fused-ring (bicyclic) bond motifs is 1. The number of nitrogens with one attached hydrogen (secondary N) is 1. The molecule has 4 nitrogen and oxygen atoms in total. The van der Waals surface area contributed by atoms with Crippen molar-refractivity contribution in [2.75, 3.05) is 7.11 Å². The zero-order valence-corrected chi connectivity index (χ0v) is 12.2. The van der Waals surface area contributed by atoms with Gasteiger partial charge in [0.05, 0.1) is 11.6 Å². The van der Waals surface area contributed by atoms with Crippen molar-refractivity contribution in [2.45, 2.75) is 38.3 Å². The number of ether oxygens (including phenoxy) is 1. The molecule has 0 fully saturated rings. The molecule has 0 aliphatic carbocycles. The molecule has 0 aliphatic heterocycles. The third kappa shape index (κ3) is 4.00. The molecular weight excluding hydrogens is 250 g/mol. The number of nitrogens with zero attached hydrogens (tertiary/aromatic N) is 1. The molecule has 2 unspecified atom stereocenters. The fourth-order valence-corrected chi connectivity index (χ4v) is 2.27. The standard InChI is InChI=1S/C16H23N3O/c1-12(20-2)7-9-15(19-17)11-14-10-8-13-5-3-4-6-16(13)18-14/h3-6,8,10,12,15,19H,7,9,11,17H2,1-2H3. The molecule has 0 saturated heterocycles. The average Bonchev–Trinajstić information content (AvgIpc) is 2.50. The molecule has 0 spiro atoms. The van der Waals surface area contributed by atoms with Crippen LogP contribution in [0.25, 0.3) is 10.9 Å². The van der Waals surface area contributed by atoms with Crippen molar-refractivity contribution in [1.82, 2.24) is 10.4 Å². The molecule has 1 aromatic carbocycles. The minimum absolute atomic E-state index is 0.223. The lowest BCUT2D eigenvalue weighted by atomic mass is 10.0. The molecule has 4 heteroatoms. The predicted molar refractivity (Wildman–Crippen MR) is 82.3 cm³/mol. The van der Waals surface area contributed by atoms with Gasteiger partial charge in [-0.3, -0.25) is 16.3 Å². The normalized spacial score (nSPS) is 14.3. The SMILES string of the molecule is COC(C)CCC(Cc1ccc2ccccc2n1)NN. The van der Waals surface area contributed by atoms with Gasteiger partial charge in [-0.1, -0.05) is 24.3 Å². The van der Waals surface area contributed by atoms with Crippen molar-refractivity contribution in [2.24, 2.45) is 5.84 Å². The lowest BCUT2D eigenvalue weighted by Gasteiger charge is -2.17. The summed E-state index contributed by atoms with van der Waals surface area (Å²) in [4.78, 5) is 4.68. The maximum atomic E-state index is 5.64. The minimum Gasteiger partial charge on any atom is -0.382 e. The van der Waals surface area contributed by atoms with Gasteiger partial charge in [0.15, 0.2) is 0 Å². The van der Waals surface area contributed by atoms with Crippen LogP contribution in [-0.2, 0) is 11.2 Å². The monoisotopic (exact) mass is 273 g/mol. The zero-order valence-electron chi connectivity index (χ0n) is 12.2. The highest BCUT2D eigenvalue weighted by Crippen LogP contribution is 2.14. The summed E-state index contributed by atoms with van der Waals surface area (Å²) in [5, 5.41) is 1.17. The zero-order chi connectivity index (χ0) is 14.4. The summed E-state index contributed by atoms with van der Waals surface area (Å²) >= 11 is 0. The Morgan fingerprint density at radius 1 is 1.20 bits per heavy atom. The summed E-state index contributed by atoms with van der Waals surface area (Å²) in [5.74, 6) is 5.64. The van der Waals surface area contributed by atoms with Gasteiger partial charge in [-0.05, 0) is 31.9 Å². The van der Waals surface area contributed by atoms with Gasteiger partial charge in [0, 0.05) is 30.7 Å². The van der Waals surface area contributed by atoms with E-state index in [1.165, 1.54) is 5.39 Å². The van der Waals surface area contributed by atoms with Gasteiger partial charge in [-0.15, -0.1) is 0 Å². The Bertz CT molecular complexity index is 544. The summed E-state index contributed by atoms with van der Waals surface area (Å²) in [5.41, 5.74) is 4.98. The quantitative estimate of drug-likeness (QED) is 0.601. The number of methoxy groups -OCH3 is 1. The van der Waals surface area contributed by atoms with Crippen molar-refractivity contribution in [3.63, 3.8) is 0 Å². The summed E-state index contributed by atoms with van der Waals surface area (Å²) in [6, 6.07) is 12.6. The molecule has 108 valence electrons. The molecule has 0 aliphatic rings. The van der Waals surface area contributed by atoms with Crippen LogP contribution in [0.4, 0.5) is 0 Å². The first-order valence-corrected chi connectivity index (χ1v) is 7.06. The van der Waals surface area contributed by atoms with E-state index >= 15 is 0 Å². The fraction of sp³-hybridized carbons (Fsp3) is 0.438. The summed E-state index contributed by atoms with van der Waals surface area (Å²) in [6.45, 7) is 2.07. The Balaban J connectivity index is 2.01. The fourth-order valence-electron chi connectivity index (χ4n) is 2.27. The van der Waals surface area contributed by atoms with Crippen molar-refractivity contribution in [1.29, 1.82) is 0 Å². The van der Waals surface area contributed by atoms with Crippen LogP contribution in [-0.4, -0.2) is 24.2 Å². The van der Waals surface area contributed by atoms with Crippen molar-refractivity contribution in [3.8, 4) is 0 Å². The Kier molecular flexibility index (Phi) is 5.47. The number of hydrogen-bond acceptors (Lipinski definition) is 4. The number of benzene rings is 1. The van der Waals surface area contributed by atoms with E-state index in [4.69, 9.17) is 10.6 Å². The average molecular weight is 273 g/mol. The molecule has 0 radical (unpaired) electrons. The first kappa shape index (κ1) is 14.9. The van der Waals surface area contributed by atoms with E-state index in [0.29, 0.717) is 0 Å². The van der Waals surface area contributed by atoms with E-state index in [1.54, 1.807) is 7.11 Å². The second-order valence-corrected chi connectivity index (χ2v) is 5.19. The van der Waals surface area contributed by atoms with Gasteiger partial charge in [0.25, 0.3) is 0 Å². The highest BCUT2D eigenvalue weighted by Gasteiger charge is 2.11. The van der Waals surface area contributed by atoms with Crippen LogP contribution >= 0.6 is 0 Å². The first-order valence-electron chi connectivity index (χ1n) is 7.06. The van der Waals surface area contributed by atoms with Crippen LogP contribution in [0, 0.1) is 0 Å². The van der Waals surface area contributed by atoms with E-state index in [1.807, 2.05) is 18.2 Å². The van der Waals surface area contributed by atoms with Crippen LogP contribution in [0.1, 0.15) is 25.5 Å². The van der Waals surface area contributed by atoms with E-state index < -0.39 is 0 Å². The Morgan fingerprint density at radius 2 is 2.00 bits per heavy atom. The second-order valence-electron chi connectivity index (χ2n) is 5.19. The molecule has 2 aromatic rings. The van der Waals surface area contributed by atoms with Crippen molar-refractivity contribution in [3.05, 3.63) is 42.1 Å². The van der Waals surface area contributed by atoms with E-state index in [2.05, 4.69) is 35.5 Å². The van der Waals surface area contributed by atoms with Crippen LogP contribution in [0.2, 0.25) is 0 Å². The largest absolute Gasteiger partial charge is 0.382 e. The van der Waals surface area contributed by atoms with Gasteiger partial charge in [0.1, 0.15) is 0 Å². The number of hydrazine groups is 1. The van der Waals surface area contributed by atoms with Gasteiger partial charge < -0.3 is 4.74 Å². The van der Waals surface area contributed by atoms with Crippen molar-refractivity contribution < 1.29 is 4.74 Å². The number of pyridine rings is 1. The Labute approximate surface area is 120 Å². The van der Waals surface area contributed by atoms with Gasteiger partial charge in [-0.2, -0.15) is 0 Å². The lowest BCUT2D eigenvalue weighted by Crippen LogP contribution is -2.37. The number of rotatable bonds is 7. The van der Waals surface area contributed by atoms with E-state index in [-0.39, 0.29) is 12.1 Å². The van der Waals surface area contributed by atoms with Gasteiger partial charge in [0.2, 0.25) is 0 Å². The third-order valence-corrected chi connectivity index (χ3v) is 3.67. The summed E-state index contributed by atoms with van der Waals surface area (Å²) in [7, 11) is 1.74. The number of para-hydroxylation sites is 1. The van der Waals surface area contributed by atoms with Crippen LogP contribution in [0.15, 0.2) is 36.4 Å². The van der Waals surface area contributed by atoms with Gasteiger partial charge in [-0.25, -0.2) is 0 Å².